The maximum Gasteiger partial charge on any atom is 0.146 e. The zero-order valence-electron chi connectivity index (χ0n) is 8.24. The molecule has 1 aliphatic rings. The second kappa shape index (κ2) is 5.03. The zero-order valence-corrected chi connectivity index (χ0v) is 10.6. The minimum atomic E-state index is 0.482. The standard InChI is InChI=1S/C9H13BrN4S/c10-7-8(11)12-5-13-9(7)14-6-2-1-3-15-4-6/h5-6H,1-4H2,(H3,11,12,13,14). The summed E-state index contributed by atoms with van der Waals surface area (Å²) in [5.74, 6) is 3.69. The predicted molar refractivity (Wildman–Crippen MR) is 68.1 cm³/mol. The number of rotatable bonds is 2. The molecule has 3 N–H and O–H groups in total. The molecule has 0 radical (unpaired) electrons. The molecule has 1 aromatic heterocycles. The maximum absolute atomic E-state index is 5.68. The highest BCUT2D eigenvalue weighted by atomic mass is 79.9. The molecular weight excluding hydrogens is 276 g/mol. The average Bonchev–Trinajstić information content (AvgIpc) is 2.26. The molecule has 15 heavy (non-hydrogen) atoms. The summed E-state index contributed by atoms with van der Waals surface area (Å²) in [5.41, 5.74) is 5.68. The fourth-order valence-corrected chi connectivity index (χ4v) is 2.92. The minimum absolute atomic E-state index is 0.482. The Labute approximate surface area is 102 Å². The summed E-state index contributed by atoms with van der Waals surface area (Å²) >= 11 is 5.37. The third-order valence-corrected chi connectivity index (χ3v) is 4.31. The molecule has 0 bridgehead atoms. The first-order chi connectivity index (χ1) is 7.27. The second-order valence-electron chi connectivity index (χ2n) is 3.48. The van der Waals surface area contributed by atoms with E-state index >= 15 is 0 Å². The number of thioether (sulfide) groups is 1. The summed E-state index contributed by atoms with van der Waals surface area (Å²) in [4.78, 5) is 8.08. The maximum atomic E-state index is 5.68. The average molecular weight is 289 g/mol. The van der Waals surface area contributed by atoms with Crippen LogP contribution in [-0.4, -0.2) is 27.5 Å². The molecule has 2 heterocycles. The third kappa shape index (κ3) is 2.75. The van der Waals surface area contributed by atoms with Gasteiger partial charge in [0.05, 0.1) is 0 Å². The molecule has 0 amide bonds. The normalized spacial score (nSPS) is 21.3. The highest BCUT2D eigenvalue weighted by Crippen LogP contribution is 2.27. The van der Waals surface area contributed by atoms with Crippen molar-refractivity contribution in [3.05, 3.63) is 10.8 Å². The summed E-state index contributed by atoms with van der Waals surface area (Å²) in [5, 5.41) is 3.39. The molecule has 1 aromatic rings. The lowest BCUT2D eigenvalue weighted by Crippen LogP contribution is -2.26. The molecule has 0 aromatic carbocycles. The second-order valence-corrected chi connectivity index (χ2v) is 5.42. The van der Waals surface area contributed by atoms with Crippen LogP contribution in [0.2, 0.25) is 0 Å². The first-order valence-electron chi connectivity index (χ1n) is 4.87. The van der Waals surface area contributed by atoms with E-state index in [2.05, 4.69) is 31.2 Å². The zero-order chi connectivity index (χ0) is 10.7. The summed E-state index contributed by atoms with van der Waals surface area (Å²) in [6.07, 6.45) is 3.95. The van der Waals surface area contributed by atoms with Gasteiger partial charge in [-0.25, -0.2) is 9.97 Å². The van der Waals surface area contributed by atoms with E-state index in [9.17, 15) is 0 Å². The lowest BCUT2D eigenvalue weighted by Gasteiger charge is -2.23. The lowest BCUT2D eigenvalue weighted by atomic mass is 10.2. The van der Waals surface area contributed by atoms with Crippen molar-refractivity contribution in [3.8, 4) is 0 Å². The van der Waals surface area contributed by atoms with Crippen molar-refractivity contribution in [3.63, 3.8) is 0 Å². The van der Waals surface area contributed by atoms with E-state index in [0.717, 1.165) is 16.0 Å². The number of hydrogen-bond donors (Lipinski definition) is 2. The van der Waals surface area contributed by atoms with E-state index in [1.54, 1.807) is 0 Å². The molecule has 0 saturated carbocycles. The molecule has 1 fully saturated rings. The molecule has 0 spiro atoms. The Morgan fingerprint density at radius 1 is 1.53 bits per heavy atom. The number of nitrogens with two attached hydrogens (primary N) is 1. The molecule has 2 rings (SSSR count). The van der Waals surface area contributed by atoms with Crippen molar-refractivity contribution in [2.75, 3.05) is 22.6 Å². The number of nitrogen functional groups attached to an aromatic ring is 1. The minimum Gasteiger partial charge on any atom is -0.383 e. The number of nitrogens with zero attached hydrogens (tertiary/aromatic N) is 2. The van der Waals surface area contributed by atoms with Gasteiger partial charge in [-0.3, -0.25) is 0 Å². The topological polar surface area (TPSA) is 63.8 Å². The number of anilines is 2. The van der Waals surface area contributed by atoms with Crippen LogP contribution in [-0.2, 0) is 0 Å². The number of aromatic nitrogens is 2. The van der Waals surface area contributed by atoms with Gasteiger partial charge in [0.15, 0.2) is 0 Å². The van der Waals surface area contributed by atoms with E-state index in [1.807, 2.05) is 11.8 Å². The largest absolute Gasteiger partial charge is 0.383 e. The van der Waals surface area contributed by atoms with Gasteiger partial charge in [0.1, 0.15) is 22.4 Å². The Morgan fingerprint density at radius 3 is 3.13 bits per heavy atom. The van der Waals surface area contributed by atoms with Gasteiger partial charge in [-0.1, -0.05) is 0 Å². The van der Waals surface area contributed by atoms with Crippen molar-refractivity contribution in [1.29, 1.82) is 0 Å². The van der Waals surface area contributed by atoms with E-state index in [-0.39, 0.29) is 0 Å². The van der Waals surface area contributed by atoms with Crippen molar-refractivity contribution in [2.45, 2.75) is 18.9 Å². The Balaban J connectivity index is 2.06. The van der Waals surface area contributed by atoms with Crippen LogP contribution in [0, 0.1) is 0 Å². The van der Waals surface area contributed by atoms with E-state index in [4.69, 9.17) is 5.73 Å². The van der Waals surface area contributed by atoms with Crippen LogP contribution in [0.25, 0.3) is 0 Å². The van der Waals surface area contributed by atoms with Crippen molar-refractivity contribution in [1.82, 2.24) is 9.97 Å². The molecule has 0 aliphatic carbocycles. The Hall–Kier alpha value is -0.490. The van der Waals surface area contributed by atoms with Crippen LogP contribution in [0.5, 0.6) is 0 Å². The van der Waals surface area contributed by atoms with E-state index in [1.165, 1.54) is 24.9 Å². The van der Waals surface area contributed by atoms with Gasteiger partial charge >= 0.3 is 0 Å². The predicted octanol–water partition coefficient (Wildman–Crippen LogP) is 2.13. The Kier molecular flexibility index (Phi) is 3.69. The van der Waals surface area contributed by atoms with Crippen LogP contribution in [0.15, 0.2) is 10.8 Å². The molecule has 1 aliphatic heterocycles. The van der Waals surface area contributed by atoms with Gasteiger partial charge in [-0.05, 0) is 34.5 Å². The van der Waals surface area contributed by atoms with Gasteiger partial charge < -0.3 is 11.1 Å². The highest BCUT2D eigenvalue weighted by Gasteiger charge is 2.15. The van der Waals surface area contributed by atoms with Crippen molar-refractivity contribution < 1.29 is 0 Å². The molecule has 4 nitrogen and oxygen atoms in total. The van der Waals surface area contributed by atoms with Crippen LogP contribution in [0.4, 0.5) is 11.6 Å². The Bertz CT molecular complexity index is 341. The number of nitrogens with one attached hydrogen (secondary N) is 1. The van der Waals surface area contributed by atoms with Crippen LogP contribution >= 0.6 is 27.7 Å². The SMILES string of the molecule is Nc1ncnc(NC2CCCSC2)c1Br. The summed E-state index contributed by atoms with van der Waals surface area (Å²) < 4.78 is 0.764. The van der Waals surface area contributed by atoms with Crippen LogP contribution in [0.1, 0.15) is 12.8 Å². The monoisotopic (exact) mass is 288 g/mol. The van der Waals surface area contributed by atoms with Crippen molar-refractivity contribution >= 4 is 39.3 Å². The fraction of sp³-hybridized carbons (Fsp3) is 0.556. The molecule has 1 atom stereocenters. The molecule has 1 unspecified atom stereocenters. The summed E-state index contributed by atoms with van der Waals surface area (Å²) in [7, 11) is 0. The highest BCUT2D eigenvalue weighted by molar-refractivity contribution is 9.10. The van der Waals surface area contributed by atoms with Crippen molar-refractivity contribution in [2.24, 2.45) is 0 Å². The van der Waals surface area contributed by atoms with E-state index < -0.39 is 0 Å². The first-order valence-corrected chi connectivity index (χ1v) is 6.82. The fourth-order valence-electron chi connectivity index (χ4n) is 1.53. The molecule has 82 valence electrons. The first kappa shape index (κ1) is 11.0. The Morgan fingerprint density at radius 2 is 2.40 bits per heavy atom. The quantitative estimate of drug-likeness (QED) is 0.873. The third-order valence-electron chi connectivity index (χ3n) is 2.32. The van der Waals surface area contributed by atoms with Gasteiger partial charge in [0.25, 0.3) is 0 Å². The summed E-state index contributed by atoms with van der Waals surface area (Å²) in [6.45, 7) is 0. The number of halogens is 1. The molecule has 6 heteroatoms. The smallest absolute Gasteiger partial charge is 0.146 e. The van der Waals surface area contributed by atoms with E-state index in [0.29, 0.717) is 11.9 Å². The van der Waals surface area contributed by atoms with Gasteiger partial charge in [0, 0.05) is 11.8 Å². The van der Waals surface area contributed by atoms with Crippen LogP contribution < -0.4 is 11.1 Å². The summed E-state index contributed by atoms with van der Waals surface area (Å²) in [6, 6.07) is 0.495. The number of hydrogen-bond acceptors (Lipinski definition) is 5. The lowest BCUT2D eigenvalue weighted by molar-refractivity contribution is 0.681. The van der Waals surface area contributed by atoms with Gasteiger partial charge in [-0.2, -0.15) is 11.8 Å². The van der Waals surface area contributed by atoms with Gasteiger partial charge in [0.2, 0.25) is 0 Å². The van der Waals surface area contributed by atoms with Crippen LogP contribution in [0.3, 0.4) is 0 Å². The van der Waals surface area contributed by atoms with Gasteiger partial charge in [-0.15, -0.1) is 0 Å². The molecular formula is C9H13BrN4S. The molecule has 1 saturated heterocycles.